The van der Waals surface area contributed by atoms with Gasteiger partial charge in [-0.1, -0.05) is 51.9 Å². The fourth-order valence-corrected chi connectivity index (χ4v) is 3.30. The van der Waals surface area contributed by atoms with Crippen molar-refractivity contribution in [2.45, 2.75) is 71.6 Å². The summed E-state index contributed by atoms with van der Waals surface area (Å²) in [5.74, 6) is 0.772. The van der Waals surface area contributed by atoms with Crippen molar-refractivity contribution in [3.05, 3.63) is 39.7 Å². The first-order chi connectivity index (χ1) is 11.7. The molecule has 3 nitrogen and oxygen atoms in total. The number of nitrogens with one attached hydrogen (secondary N) is 1. The van der Waals surface area contributed by atoms with Crippen molar-refractivity contribution < 1.29 is 4.74 Å². The van der Waals surface area contributed by atoms with Crippen LogP contribution in [-0.2, 0) is 6.42 Å². The number of ether oxygens (including phenoxy) is 1. The van der Waals surface area contributed by atoms with Gasteiger partial charge in [-0.15, -0.1) is 0 Å². The van der Waals surface area contributed by atoms with Gasteiger partial charge in [-0.3, -0.25) is 4.79 Å². The second kappa shape index (κ2) is 9.51. The van der Waals surface area contributed by atoms with Gasteiger partial charge in [0.1, 0.15) is 5.75 Å². The largest absolute Gasteiger partial charge is 0.497 e. The van der Waals surface area contributed by atoms with Crippen LogP contribution in [-0.4, -0.2) is 12.1 Å². The topological polar surface area (TPSA) is 42.1 Å². The van der Waals surface area contributed by atoms with E-state index < -0.39 is 0 Å². The lowest BCUT2D eigenvalue weighted by atomic mass is 10.0. The first-order valence-corrected chi connectivity index (χ1v) is 9.37. The molecule has 1 N–H and O–H groups in total. The fourth-order valence-electron chi connectivity index (χ4n) is 3.30. The minimum Gasteiger partial charge on any atom is -0.497 e. The van der Waals surface area contributed by atoms with Gasteiger partial charge in [-0.2, -0.15) is 0 Å². The monoisotopic (exact) mass is 329 g/mol. The van der Waals surface area contributed by atoms with Gasteiger partial charge in [0.2, 0.25) is 0 Å². The number of rotatable bonds is 10. The van der Waals surface area contributed by atoms with Crippen LogP contribution in [0.4, 0.5) is 0 Å². The molecule has 0 radical (unpaired) electrons. The molecule has 1 aromatic carbocycles. The highest BCUT2D eigenvalue weighted by molar-refractivity contribution is 5.80. The average molecular weight is 329 g/mol. The molecule has 0 amide bonds. The molecule has 1 heterocycles. The molecular weight excluding hydrogens is 298 g/mol. The van der Waals surface area contributed by atoms with Crippen LogP contribution < -0.4 is 10.2 Å². The Morgan fingerprint density at radius 2 is 1.67 bits per heavy atom. The zero-order chi connectivity index (χ0) is 17.4. The number of methoxy groups -OCH3 is 1. The Hall–Kier alpha value is -1.77. The van der Waals surface area contributed by atoms with Crippen molar-refractivity contribution in [3.8, 4) is 5.75 Å². The second-order valence-corrected chi connectivity index (χ2v) is 6.69. The molecule has 0 aliphatic heterocycles. The zero-order valence-electron chi connectivity index (χ0n) is 15.4. The highest BCUT2D eigenvalue weighted by atomic mass is 16.5. The summed E-state index contributed by atoms with van der Waals surface area (Å²) in [5, 5.41) is 0.760. The highest BCUT2D eigenvalue weighted by Gasteiger charge is 2.09. The molecule has 0 atom stereocenters. The quantitative estimate of drug-likeness (QED) is 0.582. The summed E-state index contributed by atoms with van der Waals surface area (Å²) >= 11 is 0. The minimum absolute atomic E-state index is 0.173. The summed E-state index contributed by atoms with van der Waals surface area (Å²) in [6.45, 7) is 4.25. The van der Waals surface area contributed by atoms with E-state index in [-0.39, 0.29) is 5.43 Å². The van der Waals surface area contributed by atoms with Crippen molar-refractivity contribution >= 4 is 10.9 Å². The molecule has 1 aromatic heterocycles. The molecule has 0 aliphatic carbocycles. The summed E-state index contributed by atoms with van der Waals surface area (Å²) in [7, 11) is 1.64. The number of hydrogen-bond acceptors (Lipinski definition) is 2. The molecule has 0 unspecified atom stereocenters. The van der Waals surface area contributed by atoms with E-state index in [0.717, 1.165) is 40.8 Å². The Morgan fingerprint density at radius 1 is 1.00 bits per heavy atom. The van der Waals surface area contributed by atoms with Gasteiger partial charge in [0.05, 0.1) is 12.6 Å². The summed E-state index contributed by atoms with van der Waals surface area (Å²) in [4.78, 5) is 16.1. The average Bonchev–Trinajstić information content (AvgIpc) is 2.59. The van der Waals surface area contributed by atoms with Gasteiger partial charge in [0.25, 0.3) is 0 Å². The standard InChI is InChI=1S/C21H31NO2/c1-4-5-6-7-8-9-10-11-12-18-16(2)22-20-15-17(24-3)13-14-19(20)21(18)23/h13-15H,4-12H2,1-3H3,(H,22,23). The Kier molecular flexibility index (Phi) is 7.36. The lowest BCUT2D eigenvalue weighted by molar-refractivity contribution is 0.415. The number of pyridine rings is 1. The van der Waals surface area contributed by atoms with Crippen molar-refractivity contribution in [1.82, 2.24) is 4.98 Å². The lowest BCUT2D eigenvalue weighted by Crippen LogP contribution is -2.13. The number of benzene rings is 1. The Balaban J connectivity index is 1.93. The van der Waals surface area contributed by atoms with Crippen LogP contribution in [0.15, 0.2) is 23.0 Å². The molecular formula is C21H31NO2. The molecule has 0 spiro atoms. The maximum Gasteiger partial charge on any atom is 0.192 e. The van der Waals surface area contributed by atoms with E-state index in [1.807, 2.05) is 25.1 Å². The van der Waals surface area contributed by atoms with E-state index in [0.29, 0.717) is 0 Å². The normalized spacial score (nSPS) is 11.1. The number of H-pyrrole nitrogens is 1. The minimum atomic E-state index is 0.173. The summed E-state index contributed by atoms with van der Waals surface area (Å²) in [5.41, 5.74) is 2.96. The van der Waals surface area contributed by atoms with E-state index in [4.69, 9.17) is 4.74 Å². The Morgan fingerprint density at radius 3 is 2.33 bits per heavy atom. The van der Waals surface area contributed by atoms with Gasteiger partial charge in [0, 0.05) is 22.7 Å². The predicted octanol–water partition coefficient (Wildman–Crippen LogP) is 5.53. The molecule has 0 fully saturated rings. The number of aromatic nitrogens is 1. The third kappa shape index (κ3) is 4.86. The van der Waals surface area contributed by atoms with E-state index in [9.17, 15) is 4.79 Å². The third-order valence-corrected chi connectivity index (χ3v) is 4.80. The summed E-state index contributed by atoms with van der Waals surface area (Å²) in [6, 6.07) is 5.61. The maximum atomic E-state index is 12.7. The molecule has 0 saturated heterocycles. The van der Waals surface area contributed by atoms with E-state index in [1.165, 1.54) is 44.9 Å². The van der Waals surface area contributed by atoms with Crippen molar-refractivity contribution in [2.24, 2.45) is 0 Å². The van der Waals surface area contributed by atoms with Crippen LogP contribution in [0.2, 0.25) is 0 Å². The fraction of sp³-hybridized carbons (Fsp3) is 0.571. The smallest absolute Gasteiger partial charge is 0.192 e. The van der Waals surface area contributed by atoms with Gasteiger partial charge in [-0.25, -0.2) is 0 Å². The molecule has 24 heavy (non-hydrogen) atoms. The van der Waals surface area contributed by atoms with Crippen molar-refractivity contribution in [1.29, 1.82) is 0 Å². The zero-order valence-corrected chi connectivity index (χ0v) is 15.4. The van der Waals surface area contributed by atoms with Crippen LogP contribution in [0, 0.1) is 6.92 Å². The molecule has 0 aliphatic rings. The Bertz CT molecular complexity index is 703. The molecule has 2 rings (SSSR count). The molecule has 132 valence electrons. The molecule has 3 heteroatoms. The van der Waals surface area contributed by atoms with Crippen molar-refractivity contribution in [2.75, 3.05) is 7.11 Å². The number of fused-ring (bicyclic) bond motifs is 1. The summed E-state index contributed by atoms with van der Waals surface area (Å²) in [6.07, 6.45) is 11.2. The van der Waals surface area contributed by atoms with Crippen LogP contribution in [0.1, 0.15) is 69.5 Å². The van der Waals surface area contributed by atoms with E-state index in [1.54, 1.807) is 7.11 Å². The highest BCUT2D eigenvalue weighted by Crippen LogP contribution is 2.19. The van der Waals surface area contributed by atoms with Crippen LogP contribution in [0.25, 0.3) is 10.9 Å². The second-order valence-electron chi connectivity index (χ2n) is 6.69. The van der Waals surface area contributed by atoms with Crippen molar-refractivity contribution in [3.63, 3.8) is 0 Å². The number of unbranched alkanes of at least 4 members (excludes halogenated alkanes) is 7. The molecule has 2 aromatic rings. The van der Waals surface area contributed by atoms with Gasteiger partial charge >= 0.3 is 0 Å². The van der Waals surface area contributed by atoms with E-state index >= 15 is 0 Å². The third-order valence-electron chi connectivity index (χ3n) is 4.80. The number of hydrogen-bond donors (Lipinski definition) is 1. The number of aromatic amines is 1. The lowest BCUT2D eigenvalue weighted by Gasteiger charge is -2.09. The van der Waals surface area contributed by atoms with Gasteiger partial charge in [0.15, 0.2) is 5.43 Å². The van der Waals surface area contributed by atoms with Crippen LogP contribution >= 0.6 is 0 Å². The Labute approximate surface area is 145 Å². The van der Waals surface area contributed by atoms with Gasteiger partial charge in [-0.05, 0) is 31.9 Å². The van der Waals surface area contributed by atoms with Gasteiger partial charge < -0.3 is 9.72 Å². The maximum absolute atomic E-state index is 12.7. The van der Waals surface area contributed by atoms with E-state index in [2.05, 4.69) is 11.9 Å². The molecule has 0 bridgehead atoms. The van der Waals surface area contributed by atoms with Crippen LogP contribution in [0.5, 0.6) is 5.75 Å². The first-order valence-electron chi connectivity index (χ1n) is 9.37. The summed E-state index contributed by atoms with van der Waals surface area (Å²) < 4.78 is 5.24. The number of aryl methyl sites for hydroxylation is 1. The first kappa shape index (κ1) is 18.6. The molecule has 0 saturated carbocycles. The predicted molar refractivity (Wildman–Crippen MR) is 102 cm³/mol. The van der Waals surface area contributed by atoms with Crippen LogP contribution in [0.3, 0.4) is 0 Å². The SMILES string of the molecule is CCCCCCCCCCc1c(C)[nH]c2cc(OC)ccc2c1=O.